The molecular formula is C16H20INO5. The van der Waals surface area contributed by atoms with Crippen LogP contribution in [-0.2, 0) is 30.3 Å². The maximum absolute atomic E-state index is 12.5. The van der Waals surface area contributed by atoms with Crippen LogP contribution in [0.1, 0.15) is 26.3 Å². The lowest BCUT2D eigenvalue weighted by atomic mass is 9.90. The van der Waals surface area contributed by atoms with Crippen molar-refractivity contribution in [2.75, 3.05) is 13.2 Å². The molecule has 0 unspecified atom stereocenters. The Kier molecular flexibility index (Phi) is 7.47. The summed E-state index contributed by atoms with van der Waals surface area (Å²) in [5, 5.41) is 2.45. The molecule has 0 aliphatic carbocycles. The van der Waals surface area contributed by atoms with Gasteiger partial charge in [0.25, 0.3) is 0 Å². The zero-order chi connectivity index (χ0) is 17.5. The van der Waals surface area contributed by atoms with Crippen LogP contribution in [0.15, 0.2) is 24.3 Å². The van der Waals surface area contributed by atoms with Gasteiger partial charge in [0.05, 0.1) is 13.2 Å². The predicted octanol–water partition coefficient (Wildman–Crippen LogP) is 1.83. The maximum atomic E-state index is 12.5. The molecule has 0 saturated carbocycles. The van der Waals surface area contributed by atoms with Crippen LogP contribution >= 0.6 is 22.6 Å². The highest BCUT2D eigenvalue weighted by atomic mass is 127. The van der Waals surface area contributed by atoms with E-state index >= 15 is 0 Å². The third-order valence-electron chi connectivity index (χ3n) is 3.05. The first-order chi connectivity index (χ1) is 10.9. The average Bonchev–Trinajstić information content (AvgIpc) is 2.48. The summed E-state index contributed by atoms with van der Waals surface area (Å²) >= 11 is 2.11. The second-order valence-electron chi connectivity index (χ2n) is 4.80. The van der Waals surface area contributed by atoms with Gasteiger partial charge >= 0.3 is 11.9 Å². The van der Waals surface area contributed by atoms with Crippen LogP contribution in [0.5, 0.6) is 0 Å². The van der Waals surface area contributed by atoms with Gasteiger partial charge in [0.2, 0.25) is 11.4 Å². The van der Waals surface area contributed by atoms with E-state index in [4.69, 9.17) is 9.47 Å². The largest absolute Gasteiger partial charge is 0.464 e. The minimum atomic E-state index is -1.89. The number of carbonyl (C=O) groups is 3. The second kappa shape index (κ2) is 8.85. The van der Waals surface area contributed by atoms with Gasteiger partial charge in [-0.25, -0.2) is 9.59 Å². The van der Waals surface area contributed by atoms with Crippen molar-refractivity contribution in [2.45, 2.75) is 32.7 Å². The molecule has 126 valence electrons. The molecule has 1 aromatic carbocycles. The summed E-state index contributed by atoms with van der Waals surface area (Å²) in [6, 6.07) is 7.29. The lowest BCUT2D eigenvalue weighted by molar-refractivity contribution is -0.168. The lowest BCUT2D eigenvalue weighted by Gasteiger charge is -2.30. The van der Waals surface area contributed by atoms with Gasteiger partial charge in [-0.15, -0.1) is 0 Å². The van der Waals surface area contributed by atoms with E-state index in [2.05, 4.69) is 27.9 Å². The van der Waals surface area contributed by atoms with Crippen molar-refractivity contribution in [1.29, 1.82) is 0 Å². The molecule has 0 fully saturated rings. The highest BCUT2D eigenvalue weighted by Crippen LogP contribution is 2.22. The molecule has 0 saturated heterocycles. The Hall–Kier alpha value is -1.64. The van der Waals surface area contributed by atoms with Crippen molar-refractivity contribution >= 4 is 40.4 Å². The third-order valence-corrected chi connectivity index (χ3v) is 4.10. The molecule has 1 rings (SSSR count). The monoisotopic (exact) mass is 433 g/mol. The Bertz CT molecular complexity index is 570. The van der Waals surface area contributed by atoms with Crippen LogP contribution in [0, 0.1) is 3.57 Å². The van der Waals surface area contributed by atoms with Gasteiger partial charge in [0, 0.05) is 16.9 Å². The van der Waals surface area contributed by atoms with Gasteiger partial charge in [-0.2, -0.15) is 0 Å². The van der Waals surface area contributed by atoms with Crippen LogP contribution < -0.4 is 5.32 Å². The zero-order valence-electron chi connectivity index (χ0n) is 13.3. The molecule has 0 heterocycles. The third kappa shape index (κ3) is 4.92. The molecule has 0 bridgehead atoms. The normalized spacial score (nSPS) is 10.8. The second-order valence-corrected chi connectivity index (χ2v) is 5.96. The van der Waals surface area contributed by atoms with Crippen LogP contribution in [0.4, 0.5) is 0 Å². The van der Waals surface area contributed by atoms with Crippen molar-refractivity contribution in [3.63, 3.8) is 0 Å². The van der Waals surface area contributed by atoms with Gasteiger partial charge in [-0.1, -0.05) is 18.2 Å². The Morgan fingerprint density at radius 1 is 1.09 bits per heavy atom. The smallest absolute Gasteiger partial charge is 0.344 e. The molecule has 6 nitrogen and oxygen atoms in total. The summed E-state index contributed by atoms with van der Waals surface area (Å²) < 4.78 is 10.9. The van der Waals surface area contributed by atoms with Gasteiger partial charge in [0.1, 0.15) is 0 Å². The highest BCUT2D eigenvalue weighted by Gasteiger charge is 2.50. The number of esters is 2. The summed E-state index contributed by atoms with van der Waals surface area (Å²) in [6.45, 7) is 4.68. The Morgan fingerprint density at radius 2 is 1.61 bits per heavy atom. The van der Waals surface area contributed by atoms with Crippen LogP contribution in [0.2, 0.25) is 0 Å². The predicted molar refractivity (Wildman–Crippen MR) is 92.7 cm³/mol. The minimum Gasteiger partial charge on any atom is -0.464 e. The first kappa shape index (κ1) is 19.4. The number of halogens is 1. The Balaban J connectivity index is 3.35. The van der Waals surface area contributed by atoms with Crippen molar-refractivity contribution in [2.24, 2.45) is 0 Å². The molecule has 0 spiro atoms. The number of benzene rings is 1. The van der Waals surface area contributed by atoms with E-state index in [1.165, 1.54) is 6.92 Å². The maximum Gasteiger partial charge on any atom is 0.344 e. The number of nitrogens with one attached hydrogen (secondary N) is 1. The summed E-state index contributed by atoms with van der Waals surface area (Å²) in [4.78, 5) is 36.6. The molecule has 0 aromatic heterocycles. The number of hydrogen-bond acceptors (Lipinski definition) is 5. The van der Waals surface area contributed by atoms with Crippen molar-refractivity contribution in [1.82, 2.24) is 5.32 Å². The highest BCUT2D eigenvalue weighted by molar-refractivity contribution is 14.1. The molecule has 23 heavy (non-hydrogen) atoms. The van der Waals surface area contributed by atoms with Gasteiger partial charge < -0.3 is 14.8 Å². The Morgan fingerprint density at radius 3 is 2.04 bits per heavy atom. The van der Waals surface area contributed by atoms with E-state index in [1.54, 1.807) is 26.0 Å². The fourth-order valence-corrected chi connectivity index (χ4v) is 2.69. The molecule has 1 amide bonds. The molecule has 0 aliphatic rings. The first-order valence-corrected chi connectivity index (χ1v) is 8.31. The molecule has 0 atom stereocenters. The van der Waals surface area contributed by atoms with Crippen molar-refractivity contribution in [3.05, 3.63) is 33.4 Å². The van der Waals surface area contributed by atoms with E-state index < -0.39 is 23.4 Å². The molecule has 1 N–H and O–H groups in total. The lowest BCUT2D eigenvalue weighted by Crippen LogP contribution is -2.62. The molecular weight excluding hydrogens is 413 g/mol. The van der Waals surface area contributed by atoms with E-state index in [9.17, 15) is 14.4 Å². The molecule has 7 heteroatoms. The van der Waals surface area contributed by atoms with E-state index in [0.717, 1.165) is 9.13 Å². The van der Waals surface area contributed by atoms with Gasteiger partial charge in [-0.3, -0.25) is 4.79 Å². The molecule has 0 radical (unpaired) electrons. The van der Waals surface area contributed by atoms with Crippen molar-refractivity contribution in [3.8, 4) is 0 Å². The SMILES string of the molecule is CCOC(=O)C(Cc1ccccc1I)(NC(C)=O)C(=O)OCC. The minimum absolute atomic E-state index is 0.0383. The molecule has 1 aromatic rings. The number of amides is 1. The summed E-state index contributed by atoms with van der Waals surface area (Å²) in [5.41, 5.74) is -1.15. The van der Waals surface area contributed by atoms with Crippen LogP contribution in [0.3, 0.4) is 0 Å². The zero-order valence-corrected chi connectivity index (χ0v) is 15.5. The van der Waals surface area contributed by atoms with Crippen LogP contribution in [-0.4, -0.2) is 36.6 Å². The number of hydrogen-bond donors (Lipinski definition) is 1. The van der Waals surface area contributed by atoms with E-state index in [0.29, 0.717) is 0 Å². The first-order valence-electron chi connectivity index (χ1n) is 7.24. The van der Waals surface area contributed by atoms with Crippen molar-refractivity contribution < 1.29 is 23.9 Å². The quantitative estimate of drug-likeness (QED) is 0.403. The van der Waals surface area contributed by atoms with E-state index in [-0.39, 0.29) is 19.6 Å². The molecule has 0 aliphatic heterocycles. The fraction of sp³-hybridized carbons (Fsp3) is 0.438. The summed E-state index contributed by atoms with van der Waals surface area (Å²) in [6.07, 6.45) is -0.0383. The topological polar surface area (TPSA) is 81.7 Å². The number of ether oxygens (including phenoxy) is 2. The van der Waals surface area contributed by atoms with Gasteiger partial charge in [-0.05, 0) is 48.1 Å². The van der Waals surface area contributed by atoms with E-state index in [1.807, 2.05) is 12.1 Å². The number of rotatable bonds is 7. The average molecular weight is 433 g/mol. The summed E-state index contributed by atoms with van der Waals surface area (Å²) in [5.74, 6) is -2.17. The Labute approximate surface area is 149 Å². The standard InChI is InChI=1S/C16H20INO5/c1-4-22-14(20)16(18-11(3)19,15(21)23-5-2)10-12-8-6-7-9-13(12)17/h6-9H,4-5,10H2,1-3H3,(H,18,19). The fourth-order valence-electron chi connectivity index (χ4n) is 2.11. The van der Waals surface area contributed by atoms with Crippen LogP contribution in [0.25, 0.3) is 0 Å². The summed E-state index contributed by atoms with van der Waals surface area (Å²) in [7, 11) is 0. The van der Waals surface area contributed by atoms with Gasteiger partial charge in [0.15, 0.2) is 0 Å². The number of carbonyl (C=O) groups excluding carboxylic acids is 3.